The summed E-state index contributed by atoms with van der Waals surface area (Å²) in [7, 11) is 0. The van der Waals surface area contributed by atoms with E-state index >= 15 is 0 Å². The Bertz CT molecular complexity index is 2970. The van der Waals surface area contributed by atoms with Crippen molar-refractivity contribution in [3.63, 3.8) is 0 Å². The number of aromatic nitrogens is 1. The Balaban J connectivity index is 1.14. The monoisotopic (exact) mass is 668 g/mol. The molecule has 0 aliphatic heterocycles. The van der Waals surface area contributed by atoms with Crippen molar-refractivity contribution in [3.8, 4) is 43.4 Å². The first-order valence-corrected chi connectivity index (χ1v) is 18.0. The van der Waals surface area contributed by atoms with Crippen LogP contribution in [0.25, 0.3) is 86.9 Å². The second kappa shape index (κ2) is 11.0. The predicted molar refractivity (Wildman–Crippen MR) is 214 cm³/mol. The van der Waals surface area contributed by atoms with E-state index in [2.05, 4.69) is 163 Å². The molecule has 0 atom stereocenters. The van der Waals surface area contributed by atoms with Gasteiger partial charge in [-0.3, -0.25) is 0 Å². The zero-order valence-corrected chi connectivity index (χ0v) is 28.2. The number of para-hydroxylation sites is 1. The molecule has 0 amide bonds. The van der Waals surface area contributed by atoms with Crippen LogP contribution in [0.15, 0.2) is 174 Å². The number of anilines is 3. The molecule has 8 aromatic carbocycles. The first kappa shape index (κ1) is 28.4. The third-order valence-corrected chi connectivity index (χ3v) is 11.3. The largest absolute Gasteiger partial charge is 0.456 e. The number of rotatable bonds is 5. The minimum Gasteiger partial charge on any atom is -0.456 e. The summed E-state index contributed by atoms with van der Waals surface area (Å²) >= 11 is 1.79. The molecule has 4 heteroatoms. The fourth-order valence-corrected chi connectivity index (χ4v) is 9.08. The quantitative estimate of drug-likeness (QED) is 0.183. The normalized spacial score (nSPS) is 11.9. The van der Waals surface area contributed by atoms with Gasteiger partial charge in [0.15, 0.2) is 0 Å². The minimum absolute atomic E-state index is 0.869. The molecule has 10 aromatic rings. The first-order valence-electron chi connectivity index (χ1n) is 17.2. The van der Waals surface area contributed by atoms with Gasteiger partial charge < -0.3 is 9.32 Å². The summed E-state index contributed by atoms with van der Waals surface area (Å²) in [4.78, 5) is 9.03. The number of thiazole rings is 1. The van der Waals surface area contributed by atoms with Gasteiger partial charge in [0, 0.05) is 33.5 Å². The number of hydrogen-bond acceptors (Lipinski definition) is 4. The van der Waals surface area contributed by atoms with Gasteiger partial charge in [-0.05, 0) is 75.1 Å². The van der Waals surface area contributed by atoms with E-state index < -0.39 is 0 Å². The van der Waals surface area contributed by atoms with Gasteiger partial charge >= 0.3 is 0 Å². The highest BCUT2D eigenvalue weighted by atomic mass is 32.1. The maximum Gasteiger partial charge on any atom is 0.137 e. The zero-order valence-electron chi connectivity index (χ0n) is 27.4. The predicted octanol–water partition coefficient (Wildman–Crippen LogP) is 13.8. The molecule has 0 bridgehead atoms. The minimum atomic E-state index is 0.869. The van der Waals surface area contributed by atoms with E-state index in [4.69, 9.17) is 9.40 Å². The summed E-state index contributed by atoms with van der Waals surface area (Å²) < 4.78 is 6.40. The summed E-state index contributed by atoms with van der Waals surface area (Å²) in [5.74, 6) is 0. The molecule has 1 aliphatic carbocycles. The first-order chi connectivity index (χ1) is 25.3. The average Bonchev–Trinajstić information content (AvgIpc) is 3.88. The molecule has 1 aliphatic rings. The number of hydrogen-bond donors (Lipinski definition) is 0. The van der Waals surface area contributed by atoms with Crippen LogP contribution < -0.4 is 4.90 Å². The Kier molecular flexibility index (Phi) is 6.12. The molecular weight excluding hydrogens is 641 g/mol. The lowest BCUT2D eigenvalue weighted by Crippen LogP contribution is -2.10. The van der Waals surface area contributed by atoms with Crippen molar-refractivity contribution >= 4 is 71.9 Å². The van der Waals surface area contributed by atoms with Gasteiger partial charge in [-0.2, -0.15) is 0 Å². The van der Waals surface area contributed by atoms with Gasteiger partial charge in [-0.1, -0.05) is 127 Å². The summed E-state index contributed by atoms with van der Waals surface area (Å²) in [6.45, 7) is 0. The van der Waals surface area contributed by atoms with Gasteiger partial charge in [-0.25, -0.2) is 4.98 Å². The Morgan fingerprint density at radius 2 is 1.16 bits per heavy atom. The third kappa shape index (κ3) is 4.33. The molecule has 3 nitrogen and oxygen atoms in total. The second-order valence-corrected chi connectivity index (χ2v) is 14.1. The van der Waals surface area contributed by atoms with Crippen LogP contribution in [0.5, 0.6) is 0 Å². The second-order valence-electron chi connectivity index (χ2n) is 13.1. The highest BCUT2D eigenvalue weighted by Gasteiger charge is 2.29. The zero-order chi connectivity index (χ0) is 33.5. The van der Waals surface area contributed by atoms with Crippen molar-refractivity contribution in [3.05, 3.63) is 170 Å². The standard InChI is InChI=1S/C47H28N2OS/c1-2-11-29(12-3-1)30-23-25-33(26-24-30)49(40-20-10-22-42-44(40)37-17-6-7-21-41(37)50-42)34-27-32-15-9-19-38-43(32)39(28-34)45-46(38)51-47(48-45)36-18-8-14-31-13-4-5-16-35(31)36/h1-28H. The molecule has 0 saturated heterocycles. The molecule has 2 heterocycles. The Labute approximate surface area is 298 Å². The van der Waals surface area contributed by atoms with Gasteiger partial charge in [0.05, 0.1) is 21.6 Å². The Morgan fingerprint density at radius 3 is 2.04 bits per heavy atom. The van der Waals surface area contributed by atoms with Gasteiger partial charge in [0.2, 0.25) is 0 Å². The smallest absolute Gasteiger partial charge is 0.137 e. The fraction of sp³-hybridized carbons (Fsp3) is 0. The lowest BCUT2D eigenvalue weighted by molar-refractivity contribution is 0.669. The molecule has 238 valence electrons. The van der Waals surface area contributed by atoms with Crippen LogP contribution in [0.4, 0.5) is 17.1 Å². The van der Waals surface area contributed by atoms with Crippen LogP contribution in [0.1, 0.15) is 0 Å². The summed E-state index contributed by atoms with van der Waals surface area (Å²) in [6.07, 6.45) is 0. The molecular formula is C47H28N2OS. The Morgan fingerprint density at radius 1 is 0.471 bits per heavy atom. The van der Waals surface area contributed by atoms with E-state index in [1.54, 1.807) is 11.3 Å². The lowest BCUT2D eigenvalue weighted by atomic mass is 10.0. The van der Waals surface area contributed by atoms with Crippen molar-refractivity contribution in [2.45, 2.75) is 0 Å². The van der Waals surface area contributed by atoms with Gasteiger partial charge in [-0.15, -0.1) is 11.3 Å². The van der Waals surface area contributed by atoms with Crippen LogP contribution in [-0.2, 0) is 0 Å². The highest BCUT2D eigenvalue weighted by Crippen LogP contribution is 2.54. The summed E-state index contributed by atoms with van der Waals surface area (Å²) in [5.41, 5.74) is 12.0. The number of nitrogens with zero attached hydrogens (tertiary/aromatic N) is 2. The van der Waals surface area contributed by atoms with E-state index in [9.17, 15) is 0 Å². The van der Waals surface area contributed by atoms with Gasteiger partial charge in [0.25, 0.3) is 0 Å². The van der Waals surface area contributed by atoms with Crippen LogP contribution >= 0.6 is 11.3 Å². The van der Waals surface area contributed by atoms with Crippen molar-refractivity contribution in [2.75, 3.05) is 4.90 Å². The van der Waals surface area contributed by atoms with Crippen molar-refractivity contribution in [1.29, 1.82) is 0 Å². The van der Waals surface area contributed by atoms with Crippen LogP contribution in [0, 0.1) is 0 Å². The molecule has 0 radical (unpaired) electrons. The molecule has 0 N–H and O–H groups in total. The van der Waals surface area contributed by atoms with Crippen LogP contribution in [0.2, 0.25) is 0 Å². The molecule has 51 heavy (non-hydrogen) atoms. The van der Waals surface area contributed by atoms with E-state index in [0.29, 0.717) is 0 Å². The number of benzene rings is 8. The topological polar surface area (TPSA) is 29.3 Å². The van der Waals surface area contributed by atoms with Crippen molar-refractivity contribution < 1.29 is 4.42 Å². The van der Waals surface area contributed by atoms with Crippen molar-refractivity contribution in [2.24, 2.45) is 0 Å². The maximum atomic E-state index is 6.40. The van der Waals surface area contributed by atoms with Crippen molar-refractivity contribution in [1.82, 2.24) is 4.98 Å². The fourth-order valence-electron chi connectivity index (χ4n) is 7.93. The molecule has 2 aromatic heterocycles. The lowest BCUT2D eigenvalue weighted by Gasteiger charge is -2.27. The van der Waals surface area contributed by atoms with Gasteiger partial charge in [0.1, 0.15) is 16.2 Å². The highest BCUT2D eigenvalue weighted by molar-refractivity contribution is 7.19. The number of fused-ring (bicyclic) bond motifs is 7. The van der Waals surface area contributed by atoms with E-state index in [-0.39, 0.29) is 0 Å². The van der Waals surface area contributed by atoms with E-state index in [1.807, 2.05) is 12.1 Å². The number of furan rings is 1. The maximum absolute atomic E-state index is 6.40. The Hall–Kier alpha value is -6.49. The van der Waals surface area contributed by atoms with Crippen LogP contribution in [-0.4, -0.2) is 4.98 Å². The SMILES string of the molecule is c1ccc(-c2ccc(N(c3cc4c5c(cccc5c3)-c3sc(-c5cccc6ccccc56)nc3-4)c3cccc4oc5ccccc5c34)cc2)cc1. The molecule has 0 spiro atoms. The summed E-state index contributed by atoms with van der Waals surface area (Å²) in [6, 6.07) is 60.6. The van der Waals surface area contributed by atoms with E-state index in [1.165, 1.54) is 54.2 Å². The summed E-state index contributed by atoms with van der Waals surface area (Å²) in [5, 5.41) is 8.17. The molecule has 11 rings (SSSR count). The molecule has 0 fully saturated rings. The molecule has 0 unspecified atom stereocenters. The van der Waals surface area contributed by atoms with E-state index in [0.717, 1.165) is 49.7 Å². The third-order valence-electron chi connectivity index (χ3n) is 10.2. The molecule has 0 saturated carbocycles. The average molecular weight is 669 g/mol. The van der Waals surface area contributed by atoms with Crippen LogP contribution in [0.3, 0.4) is 0 Å².